The van der Waals surface area contributed by atoms with Gasteiger partial charge in [0.15, 0.2) is 5.16 Å². The summed E-state index contributed by atoms with van der Waals surface area (Å²) in [5, 5.41) is 12.1. The maximum Gasteiger partial charge on any atom is 0.230 e. The summed E-state index contributed by atoms with van der Waals surface area (Å²) in [6, 6.07) is 11.0. The Balaban J connectivity index is 1.57. The molecule has 3 rings (SSSR count). The number of thioether (sulfide) groups is 1. The number of hydrogen-bond acceptors (Lipinski definition) is 6. The average Bonchev–Trinajstić information content (AvgIpc) is 3.14. The molecule has 0 saturated carbocycles. The lowest BCUT2D eigenvalue weighted by molar-refractivity contribution is -0.118. The highest BCUT2D eigenvalue weighted by atomic mass is 35.5. The van der Waals surface area contributed by atoms with Gasteiger partial charge in [0.25, 0.3) is 0 Å². The van der Waals surface area contributed by atoms with Crippen LogP contribution in [0.3, 0.4) is 0 Å². The highest BCUT2D eigenvalue weighted by molar-refractivity contribution is 7.99. The standard InChI is InChI=1S/C18H18ClN5O2S/c1-2-26-17-13(5-4-8-20-17)10-21-16(25)11-27-18-23-22-12-24(18)15-7-3-6-14(19)9-15/h3-9,12H,2,10-11H2,1H3,(H,21,25). The van der Waals surface area contributed by atoms with E-state index in [4.69, 9.17) is 16.3 Å². The number of pyridine rings is 1. The molecule has 27 heavy (non-hydrogen) atoms. The molecule has 0 radical (unpaired) electrons. The van der Waals surface area contributed by atoms with Crippen LogP contribution < -0.4 is 10.1 Å². The van der Waals surface area contributed by atoms with Crippen LogP contribution >= 0.6 is 23.4 Å². The fraction of sp³-hybridized carbons (Fsp3) is 0.222. The van der Waals surface area contributed by atoms with Gasteiger partial charge >= 0.3 is 0 Å². The van der Waals surface area contributed by atoms with Gasteiger partial charge in [-0.25, -0.2) is 4.98 Å². The molecule has 3 aromatic rings. The Labute approximate surface area is 166 Å². The van der Waals surface area contributed by atoms with Gasteiger partial charge in [0.1, 0.15) is 6.33 Å². The van der Waals surface area contributed by atoms with Crippen LogP contribution in [-0.2, 0) is 11.3 Å². The smallest absolute Gasteiger partial charge is 0.230 e. The van der Waals surface area contributed by atoms with Crippen LogP contribution in [0.15, 0.2) is 54.1 Å². The minimum atomic E-state index is -0.119. The van der Waals surface area contributed by atoms with Crippen molar-refractivity contribution in [3.63, 3.8) is 0 Å². The van der Waals surface area contributed by atoms with Crippen molar-refractivity contribution in [2.24, 2.45) is 0 Å². The number of hydrogen-bond donors (Lipinski definition) is 1. The van der Waals surface area contributed by atoms with Crippen LogP contribution in [0.4, 0.5) is 0 Å². The lowest BCUT2D eigenvalue weighted by Gasteiger charge is -2.10. The highest BCUT2D eigenvalue weighted by Gasteiger charge is 2.11. The SMILES string of the molecule is CCOc1ncccc1CNC(=O)CSc1nncn1-c1cccc(Cl)c1. The minimum Gasteiger partial charge on any atom is -0.478 e. The molecule has 0 aliphatic rings. The number of carbonyl (C=O) groups is 1. The van der Waals surface area contributed by atoms with Crippen molar-refractivity contribution in [2.75, 3.05) is 12.4 Å². The maximum absolute atomic E-state index is 12.2. The van der Waals surface area contributed by atoms with Crippen molar-refractivity contribution >= 4 is 29.3 Å². The number of rotatable bonds is 8. The van der Waals surface area contributed by atoms with Gasteiger partial charge in [-0.05, 0) is 31.2 Å². The van der Waals surface area contributed by atoms with E-state index in [2.05, 4.69) is 20.5 Å². The average molecular weight is 404 g/mol. The zero-order valence-electron chi connectivity index (χ0n) is 14.6. The first kappa shape index (κ1) is 19.2. The van der Waals surface area contributed by atoms with Gasteiger partial charge in [0.2, 0.25) is 11.8 Å². The number of nitrogens with zero attached hydrogens (tertiary/aromatic N) is 4. The lowest BCUT2D eigenvalue weighted by Crippen LogP contribution is -2.25. The Morgan fingerprint density at radius 1 is 1.33 bits per heavy atom. The largest absolute Gasteiger partial charge is 0.478 e. The van der Waals surface area contributed by atoms with Gasteiger partial charge in [-0.15, -0.1) is 10.2 Å². The Morgan fingerprint density at radius 3 is 3.04 bits per heavy atom. The van der Waals surface area contributed by atoms with E-state index in [0.717, 1.165) is 11.3 Å². The number of carbonyl (C=O) groups excluding carboxylic acids is 1. The summed E-state index contributed by atoms with van der Waals surface area (Å²) in [5.41, 5.74) is 1.67. The molecule has 2 aromatic heterocycles. The summed E-state index contributed by atoms with van der Waals surface area (Å²) in [4.78, 5) is 16.4. The molecule has 0 unspecified atom stereocenters. The highest BCUT2D eigenvalue weighted by Crippen LogP contribution is 2.21. The summed E-state index contributed by atoms with van der Waals surface area (Å²) in [7, 11) is 0. The Morgan fingerprint density at radius 2 is 2.22 bits per heavy atom. The first-order valence-electron chi connectivity index (χ1n) is 8.29. The van der Waals surface area contributed by atoms with E-state index in [1.165, 1.54) is 11.8 Å². The van der Waals surface area contributed by atoms with E-state index in [-0.39, 0.29) is 11.7 Å². The van der Waals surface area contributed by atoms with E-state index < -0.39 is 0 Å². The third kappa shape index (κ3) is 5.21. The van der Waals surface area contributed by atoms with Crippen LogP contribution in [0.5, 0.6) is 5.88 Å². The molecule has 0 spiro atoms. The Kier molecular flexibility index (Phi) is 6.67. The Hall–Kier alpha value is -2.58. The third-order valence-electron chi connectivity index (χ3n) is 3.54. The number of benzene rings is 1. The monoisotopic (exact) mass is 403 g/mol. The molecule has 1 amide bonds. The van der Waals surface area contributed by atoms with Crippen molar-refractivity contribution in [1.29, 1.82) is 0 Å². The zero-order chi connectivity index (χ0) is 19.1. The van der Waals surface area contributed by atoms with Crippen LogP contribution in [0.1, 0.15) is 12.5 Å². The van der Waals surface area contributed by atoms with Crippen molar-refractivity contribution in [3.8, 4) is 11.6 Å². The number of ether oxygens (including phenoxy) is 1. The van der Waals surface area contributed by atoms with Crippen LogP contribution in [0.2, 0.25) is 5.02 Å². The molecule has 1 aromatic carbocycles. The van der Waals surface area contributed by atoms with E-state index in [1.54, 1.807) is 23.2 Å². The molecule has 2 heterocycles. The van der Waals surface area contributed by atoms with Crippen molar-refractivity contribution in [2.45, 2.75) is 18.6 Å². The second-order valence-electron chi connectivity index (χ2n) is 5.43. The van der Waals surface area contributed by atoms with E-state index in [0.29, 0.717) is 29.2 Å². The van der Waals surface area contributed by atoms with Gasteiger partial charge < -0.3 is 10.1 Å². The molecule has 0 aliphatic carbocycles. The van der Waals surface area contributed by atoms with Crippen LogP contribution in [0, 0.1) is 0 Å². The number of aromatic nitrogens is 4. The van der Waals surface area contributed by atoms with Crippen LogP contribution in [0.25, 0.3) is 5.69 Å². The first-order valence-corrected chi connectivity index (χ1v) is 9.66. The molecule has 140 valence electrons. The normalized spacial score (nSPS) is 10.6. The molecule has 9 heteroatoms. The summed E-state index contributed by atoms with van der Waals surface area (Å²) in [6.45, 7) is 2.76. The molecule has 0 fully saturated rings. The topological polar surface area (TPSA) is 81.9 Å². The molecular weight excluding hydrogens is 386 g/mol. The van der Waals surface area contributed by atoms with Crippen molar-refractivity contribution in [3.05, 3.63) is 59.5 Å². The van der Waals surface area contributed by atoms with Crippen molar-refractivity contribution in [1.82, 2.24) is 25.1 Å². The summed E-state index contributed by atoms with van der Waals surface area (Å²) >= 11 is 7.34. The van der Waals surface area contributed by atoms with Gasteiger partial charge in [0, 0.05) is 23.3 Å². The second-order valence-corrected chi connectivity index (χ2v) is 6.81. The summed E-state index contributed by atoms with van der Waals surface area (Å²) in [5.74, 6) is 0.629. The Bertz CT molecular complexity index is 918. The quantitative estimate of drug-likeness (QED) is 0.582. The number of halogens is 1. The molecule has 0 aliphatic heterocycles. The number of nitrogens with one attached hydrogen (secondary N) is 1. The van der Waals surface area contributed by atoms with Gasteiger partial charge in [-0.1, -0.05) is 35.5 Å². The summed E-state index contributed by atoms with van der Waals surface area (Å²) < 4.78 is 7.25. The molecular formula is C18H18ClN5O2S. The molecule has 0 atom stereocenters. The molecule has 7 nitrogen and oxygen atoms in total. The molecule has 0 bridgehead atoms. The van der Waals surface area contributed by atoms with Crippen LogP contribution in [-0.4, -0.2) is 38.0 Å². The van der Waals surface area contributed by atoms with Gasteiger partial charge in [-0.3, -0.25) is 9.36 Å². The first-order chi connectivity index (χ1) is 13.2. The number of amides is 1. The lowest BCUT2D eigenvalue weighted by atomic mass is 10.2. The minimum absolute atomic E-state index is 0.119. The molecule has 0 saturated heterocycles. The maximum atomic E-state index is 12.2. The third-order valence-corrected chi connectivity index (χ3v) is 4.72. The van der Waals surface area contributed by atoms with Crippen molar-refractivity contribution < 1.29 is 9.53 Å². The van der Waals surface area contributed by atoms with Gasteiger partial charge in [-0.2, -0.15) is 0 Å². The fourth-order valence-corrected chi connectivity index (χ4v) is 3.27. The predicted octanol–water partition coefficient (Wildman–Crippen LogP) is 3.12. The summed E-state index contributed by atoms with van der Waals surface area (Å²) in [6.07, 6.45) is 3.25. The van der Waals surface area contributed by atoms with E-state index in [1.807, 2.05) is 37.3 Å². The fourth-order valence-electron chi connectivity index (χ4n) is 2.33. The van der Waals surface area contributed by atoms with Gasteiger partial charge in [0.05, 0.1) is 18.0 Å². The predicted molar refractivity (Wildman–Crippen MR) is 104 cm³/mol. The second kappa shape index (κ2) is 9.38. The molecule has 1 N–H and O–H groups in total. The zero-order valence-corrected chi connectivity index (χ0v) is 16.2. The van der Waals surface area contributed by atoms with E-state index in [9.17, 15) is 4.79 Å². The van der Waals surface area contributed by atoms with E-state index >= 15 is 0 Å².